The second-order valence-electron chi connectivity index (χ2n) is 14.5. The summed E-state index contributed by atoms with van der Waals surface area (Å²) in [6.07, 6.45) is 5.33. The molecule has 3 atom stereocenters. The van der Waals surface area contributed by atoms with E-state index in [1.807, 2.05) is 39.0 Å². The summed E-state index contributed by atoms with van der Waals surface area (Å²) in [7, 11) is -2.51. The van der Waals surface area contributed by atoms with Crippen molar-refractivity contribution >= 4 is 37.5 Å². The molecule has 0 saturated carbocycles. The monoisotopic (exact) mass is 734 g/mol. The molecule has 5 heterocycles. The summed E-state index contributed by atoms with van der Waals surface area (Å²) in [5.41, 5.74) is 1.33. The van der Waals surface area contributed by atoms with E-state index in [1.165, 1.54) is 19.4 Å². The van der Waals surface area contributed by atoms with Crippen molar-refractivity contribution in [2.75, 3.05) is 18.6 Å². The van der Waals surface area contributed by atoms with E-state index in [-0.39, 0.29) is 28.8 Å². The van der Waals surface area contributed by atoms with Crippen molar-refractivity contribution in [3.05, 3.63) is 83.5 Å². The predicted octanol–water partition coefficient (Wildman–Crippen LogP) is 5.88. The molecule has 14 heteroatoms. The zero-order valence-electron chi connectivity index (χ0n) is 29.7. The summed E-state index contributed by atoms with van der Waals surface area (Å²) in [5, 5.41) is 5.49. The number of hydrogen-bond acceptors (Lipinski definition) is 9. The SMILES string of the molecule is COC(=O)[C@@H](C)Cc1cccc(C2(C)CCCC(C)(C)CS(=O)(=O)CCc3c(c(F)cc4[nH]ccc34)S(=O)c3ccnc(c3)-c3nc2nn3C)n1. The van der Waals surface area contributed by atoms with Gasteiger partial charge < -0.3 is 9.72 Å². The molecule has 0 spiro atoms. The van der Waals surface area contributed by atoms with E-state index < -0.39 is 43.2 Å². The van der Waals surface area contributed by atoms with Crippen molar-refractivity contribution in [2.24, 2.45) is 18.4 Å². The lowest BCUT2D eigenvalue weighted by Gasteiger charge is -2.30. The number of ether oxygens (including phenoxy) is 1. The van der Waals surface area contributed by atoms with E-state index in [9.17, 15) is 17.4 Å². The van der Waals surface area contributed by atoms with Gasteiger partial charge in [0.25, 0.3) is 0 Å². The smallest absolute Gasteiger partial charge is 0.308 e. The average molecular weight is 735 g/mol. The summed E-state index contributed by atoms with van der Waals surface area (Å²) in [5.74, 6) is -0.774. The zero-order chi connectivity index (χ0) is 36.7. The van der Waals surface area contributed by atoms with Crippen molar-refractivity contribution < 1.29 is 26.5 Å². The Kier molecular flexibility index (Phi) is 10.0. The molecule has 270 valence electrons. The molecule has 51 heavy (non-hydrogen) atoms. The van der Waals surface area contributed by atoms with Gasteiger partial charge in [0, 0.05) is 47.4 Å². The van der Waals surface area contributed by atoms with Crippen LogP contribution in [0.2, 0.25) is 0 Å². The zero-order valence-corrected chi connectivity index (χ0v) is 31.3. The molecule has 0 saturated heterocycles. The molecule has 0 amide bonds. The van der Waals surface area contributed by atoms with Gasteiger partial charge in [0.2, 0.25) is 0 Å². The standard InChI is InChI=1S/C37H43FN6O5S2/c1-23(34(45)49-6)19-24-9-7-10-31(41-24)37(4)15-8-14-36(2,3)22-51(47,48)18-13-27-26-12-17-39-29(26)21-28(38)32(27)50(46)25-11-16-40-30(20-25)33-42-35(37)43-44(33)5/h7,9-12,16-17,20-21,23,39H,8,13-15,18-19,22H2,1-6H3/t23-,37?,50?/m0/s1. The molecule has 0 fully saturated rings. The van der Waals surface area contributed by atoms with Gasteiger partial charge in [-0.1, -0.05) is 33.3 Å². The summed E-state index contributed by atoms with van der Waals surface area (Å²) >= 11 is 0. The lowest BCUT2D eigenvalue weighted by atomic mass is 9.78. The van der Waals surface area contributed by atoms with Crippen LogP contribution >= 0.6 is 0 Å². The molecule has 4 aromatic heterocycles. The van der Waals surface area contributed by atoms with Gasteiger partial charge in [-0.3, -0.25) is 14.8 Å². The van der Waals surface area contributed by atoms with Gasteiger partial charge in [-0.25, -0.2) is 26.7 Å². The number of aryl methyl sites for hydroxylation is 2. The Bertz CT molecular complexity index is 2250. The van der Waals surface area contributed by atoms with Crippen LogP contribution in [-0.2, 0) is 55.5 Å². The van der Waals surface area contributed by atoms with E-state index in [1.54, 1.807) is 43.0 Å². The summed E-state index contributed by atoms with van der Waals surface area (Å²) < 4.78 is 64.0. The molecule has 1 aliphatic rings. The molecule has 5 aromatic rings. The van der Waals surface area contributed by atoms with Crippen molar-refractivity contribution in [3.8, 4) is 11.5 Å². The summed E-state index contributed by atoms with van der Waals surface area (Å²) in [6, 6.07) is 11.9. The van der Waals surface area contributed by atoms with Gasteiger partial charge in [-0.15, -0.1) is 0 Å². The lowest BCUT2D eigenvalue weighted by molar-refractivity contribution is -0.144. The van der Waals surface area contributed by atoms with Crippen molar-refractivity contribution in [1.82, 2.24) is 29.7 Å². The summed E-state index contributed by atoms with van der Waals surface area (Å²) in [4.78, 5) is 30.0. The van der Waals surface area contributed by atoms with E-state index in [4.69, 9.17) is 19.8 Å². The van der Waals surface area contributed by atoms with E-state index >= 15 is 4.39 Å². The van der Waals surface area contributed by atoms with Crippen LogP contribution in [0.5, 0.6) is 0 Å². The van der Waals surface area contributed by atoms with Crippen molar-refractivity contribution in [1.29, 1.82) is 0 Å². The number of rotatable bonds is 4. The highest BCUT2D eigenvalue weighted by molar-refractivity contribution is 7.91. The molecule has 0 radical (unpaired) electrons. The number of hydrogen-bond donors (Lipinski definition) is 1. The van der Waals surface area contributed by atoms with Gasteiger partial charge in [-0.05, 0) is 73.6 Å². The van der Waals surface area contributed by atoms with Crippen LogP contribution in [0, 0.1) is 17.2 Å². The lowest BCUT2D eigenvalue weighted by Crippen LogP contribution is -2.30. The van der Waals surface area contributed by atoms with Crippen LogP contribution in [-0.4, -0.2) is 66.9 Å². The number of methoxy groups -OCH3 is 1. The summed E-state index contributed by atoms with van der Waals surface area (Å²) in [6.45, 7) is 7.69. The molecule has 2 unspecified atom stereocenters. The number of pyridine rings is 2. The molecule has 1 N–H and O–H groups in total. The second-order valence-corrected chi connectivity index (χ2v) is 18.1. The third kappa shape index (κ3) is 7.52. The third-order valence-electron chi connectivity index (χ3n) is 9.78. The number of benzene rings is 1. The van der Waals surface area contributed by atoms with Crippen LogP contribution in [0.25, 0.3) is 22.4 Å². The molecule has 11 nitrogen and oxygen atoms in total. The van der Waals surface area contributed by atoms with Crippen LogP contribution < -0.4 is 0 Å². The van der Waals surface area contributed by atoms with Gasteiger partial charge >= 0.3 is 5.97 Å². The Balaban J connectivity index is 1.49. The number of esters is 1. The number of sulfone groups is 1. The highest BCUT2D eigenvalue weighted by atomic mass is 32.2. The quantitative estimate of drug-likeness (QED) is 0.223. The first-order chi connectivity index (χ1) is 24.1. The number of H-pyrrole nitrogens is 1. The number of fused-ring (bicyclic) bond motifs is 8. The predicted molar refractivity (Wildman–Crippen MR) is 193 cm³/mol. The Hall–Kier alpha value is -4.30. The van der Waals surface area contributed by atoms with Gasteiger partial charge in [0.1, 0.15) is 11.5 Å². The number of nitrogens with one attached hydrogen (secondary N) is 1. The number of nitrogens with zero attached hydrogens (tertiary/aromatic N) is 5. The Morgan fingerprint density at radius 1 is 1.14 bits per heavy atom. The number of aromatic amines is 1. The van der Waals surface area contributed by atoms with Crippen LogP contribution in [0.15, 0.2) is 64.6 Å². The third-order valence-corrected chi connectivity index (χ3v) is 13.3. The normalized spacial score (nSPS) is 21.3. The number of aromatic nitrogens is 6. The molecule has 6 rings (SSSR count). The molecule has 4 bridgehead atoms. The van der Waals surface area contributed by atoms with Gasteiger partial charge in [0.15, 0.2) is 21.5 Å². The molecular weight excluding hydrogens is 692 g/mol. The second kappa shape index (κ2) is 14.0. The van der Waals surface area contributed by atoms with Crippen molar-refractivity contribution in [2.45, 2.75) is 75.0 Å². The first-order valence-corrected chi connectivity index (χ1v) is 19.9. The van der Waals surface area contributed by atoms with Gasteiger partial charge in [0.05, 0.1) is 51.3 Å². The minimum absolute atomic E-state index is 0.00482. The van der Waals surface area contributed by atoms with E-state index in [0.29, 0.717) is 70.1 Å². The number of carbonyl (C=O) groups excluding carboxylic acids is 1. The maximum absolute atomic E-state index is 15.9. The first-order valence-electron chi connectivity index (χ1n) is 16.9. The molecular formula is C37H43FN6O5S2. The minimum atomic E-state index is -3.61. The van der Waals surface area contributed by atoms with Crippen LogP contribution in [0.4, 0.5) is 4.39 Å². The highest BCUT2D eigenvalue weighted by Crippen LogP contribution is 2.38. The molecule has 0 aliphatic carbocycles. The maximum atomic E-state index is 15.9. The van der Waals surface area contributed by atoms with Crippen LogP contribution in [0.1, 0.15) is 69.7 Å². The highest BCUT2D eigenvalue weighted by Gasteiger charge is 2.37. The largest absolute Gasteiger partial charge is 0.469 e. The fourth-order valence-corrected chi connectivity index (χ4v) is 10.4. The molecule has 1 aliphatic heterocycles. The van der Waals surface area contributed by atoms with Crippen molar-refractivity contribution in [3.63, 3.8) is 0 Å². The van der Waals surface area contributed by atoms with Crippen LogP contribution in [0.3, 0.4) is 0 Å². The molecule has 1 aromatic carbocycles. The fraction of sp³-hybridized carbons (Fsp3) is 0.432. The average Bonchev–Trinajstić information content (AvgIpc) is 3.72. The topological polar surface area (TPSA) is 150 Å². The van der Waals surface area contributed by atoms with Gasteiger partial charge in [-0.2, -0.15) is 5.10 Å². The fourth-order valence-electron chi connectivity index (χ4n) is 7.05. The number of carbonyl (C=O) groups is 1. The first kappa shape index (κ1) is 36.5. The number of halogens is 1. The Labute approximate surface area is 299 Å². The van der Waals surface area contributed by atoms with E-state index in [2.05, 4.69) is 9.97 Å². The van der Waals surface area contributed by atoms with E-state index in [0.717, 1.165) is 5.69 Å². The minimum Gasteiger partial charge on any atom is -0.469 e. The Morgan fingerprint density at radius 2 is 1.92 bits per heavy atom. The Morgan fingerprint density at radius 3 is 2.69 bits per heavy atom. The maximum Gasteiger partial charge on any atom is 0.308 e.